The van der Waals surface area contributed by atoms with Crippen LogP contribution < -0.4 is 15.5 Å². The van der Waals surface area contributed by atoms with E-state index in [1.807, 2.05) is 24.3 Å². The lowest BCUT2D eigenvalue weighted by Gasteiger charge is -2.25. The van der Waals surface area contributed by atoms with Gasteiger partial charge in [-0.05, 0) is 12.1 Å². The predicted molar refractivity (Wildman–Crippen MR) is 127 cm³/mol. The fourth-order valence-corrected chi connectivity index (χ4v) is 3.96. The standard InChI is InChI=1S/C25H34N4O2/c1-28(2)16-8-14-26-20-12-13-21(27-15-9-17-29(3,4)5)23-22(20)24(30)18-10-6-7-11-19(18)25(23)31/h6-7,10-13H,8-9,14-17H2,1-5H3,(H-,26,27,30,31)/p+2. The number of hydrogen-bond acceptors (Lipinski definition) is 4. The van der Waals surface area contributed by atoms with Gasteiger partial charge < -0.3 is 20.0 Å². The van der Waals surface area contributed by atoms with Crippen LogP contribution in [0.5, 0.6) is 0 Å². The zero-order valence-corrected chi connectivity index (χ0v) is 19.5. The monoisotopic (exact) mass is 424 g/mol. The van der Waals surface area contributed by atoms with Crippen molar-refractivity contribution >= 4 is 22.9 Å². The van der Waals surface area contributed by atoms with E-state index in [-0.39, 0.29) is 11.6 Å². The van der Waals surface area contributed by atoms with Gasteiger partial charge in [0.05, 0.1) is 59.5 Å². The fourth-order valence-electron chi connectivity index (χ4n) is 3.96. The van der Waals surface area contributed by atoms with Crippen molar-refractivity contribution in [3.8, 4) is 0 Å². The van der Waals surface area contributed by atoms with E-state index in [9.17, 15) is 9.59 Å². The second-order valence-corrected chi connectivity index (χ2v) is 9.65. The Kier molecular flexibility index (Phi) is 7.13. The molecule has 0 atom stereocenters. The summed E-state index contributed by atoms with van der Waals surface area (Å²) in [6.07, 6.45) is 1.96. The van der Waals surface area contributed by atoms with E-state index in [0.717, 1.165) is 54.9 Å². The number of carbonyl (C=O) groups excluding carboxylic acids is 2. The number of anilines is 2. The van der Waals surface area contributed by atoms with Gasteiger partial charge in [0.15, 0.2) is 11.6 Å². The van der Waals surface area contributed by atoms with E-state index in [4.69, 9.17) is 0 Å². The normalized spacial score (nSPS) is 13.2. The Balaban J connectivity index is 1.90. The third kappa shape index (κ3) is 5.51. The van der Waals surface area contributed by atoms with Gasteiger partial charge in [-0.1, -0.05) is 24.3 Å². The molecule has 0 heterocycles. The van der Waals surface area contributed by atoms with Crippen LogP contribution in [0.4, 0.5) is 11.4 Å². The summed E-state index contributed by atoms with van der Waals surface area (Å²) in [6, 6.07) is 11.0. The molecule has 0 spiro atoms. The van der Waals surface area contributed by atoms with Crippen LogP contribution in [-0.2, 0) is 0 Å². The lowest BCUT2D eigenvalue weighted by Crippen LogP contribution is -3.05. The number of fused-ring (bicyclic) bond motifs is 2. The van der Waals surface area contributed by atoms with E-state index in [2.05, 4.69) is 45.9 Å². The van der Waals surface area contributed by atoms with Gasteiger partial charge >= 0.3 is 0 Å². The SMILES string of the molecule is C[NH+](C)CCCNc1ccc(NCCC[N+](C)(C)C)c2c1C(=O)c1ccccc1C2=O. The predicted octanol–water partition coefficient (Wildman–Crippen LogP) is 1.92. The molecule has 0 fully saturated rings. The van der Waals surface area contributed by atoms with Gasteiger partial charge in [0.1, 0.15) is 0 Å². The van der Waals surface area contributed by atoms with Crippen molar-refractivity contribution in [3.63, 3.8) is 0 Å². The maximum Gasteiger partial charge on any atom is 0.196 e. The molecule has 0 bridgehead atoms. The molecular weight excluding hydrogens is 388 g/mol. The van der Waals surface area contributed by atoms with Crippen LogP contribution in [0.1, 0.15) is 44.7 Å². The van der Waals surface area contributed by atoms with Crippen molar-refractivity contribution in [2.45, 2.75) is 12.8 Å². The Morgan fingerprint density at radius 3 is 1.71 bits per heavy atom. The van der Waals surface area contributed by atoms with Crippen LogP contribution in [0.2, 0.25) is 0 Å². The summed E-state index contributed by atoms with van der Waals surface area (Å²) in [5.74, 6) is -0.165. The molecule has 2 aromatic carbocycles. The first kappa shape index (κ1) is 23.0. The van der Waals surface area contributed by atoms with Gasteiger partial charge in [-0.25, -0.2) is 0 Å². The minimum Gasteiger partial charge on any atom is -0.384 e. The maximum absolute atomic E-state index is 13.4. The van der Waals surface area contributed by atoms with Crippen LogP contribution >= 0.6 is 0 Å². The molecule has 3 rings (SSSR count). The van der Waals surface area contributed by atoms with Crippen LogP contribution in [0, 0.1) is 0 Å². The Morgan fingerprint density at radius 1 is 0.774 bits per heavy atom. The summed E-state index contributed by atoms with van der Waals surface area (Å²) in [5.41, 5.74) is 3.46. The molecule has 3 N–H and O–H groups in total. The highest BCUT2D eigenvalue weighted by Crippen LogP contribution is 2.36. The van der Waals surface area contributed by atoms with Crippen molar-refractivity contribution < 1.29 is 19.0 Å². The number of rotatable bonds is 10. The van der Waals surface area contributed by atoms with Crippen molar-refractivity contribution in [3.05, 3.63) is 58.7 Å². The zero-order valence-electron chi connectivity index (χ0n) is 19.5. The molecule has 0 amide bonds. The van der Waals surface area contributed by atoms with Crippen molar-refractivity contribution in [1.29, 1.82) is 0 Å². The molecular formula is C25H36N4O2+2. The van der Waals surface area contributed by atoms with Crippen molar-refractivity contribution in [1.82, 2.24) is 0 Å². The highest BCUT2D eigenvalue weighted by atomic mass is 16.1. The molecule has 31 heavy (non-hydrogen) atoms. The van der Waals surface area contributed by atoms with E-state index >= 15 is 0 Å². The Morgan fingerprint density at radius 2 is 1.26 bits per heavy atom. The summed E-state index contributed by atoms with van der Waals surface area (Å²) in [4.78, 5) is 28.2. The van der Waals surface area contributed by atoms with Gasteiger partial charge in [-0.3, -0.25) is 9.59 Å². The number of nitrogens with zero attached hydrogens (tertiary/aromatic N) is 1. The first-order valence-electron chi connectivity index (χ1n) is 11.1. The molecule has 0 aromatic heterocycles. The Bertz CT molecular complexity index is 960. The molecule has 166 valence electrons. The molecule has 2 aromatic rings. The molecule has 0 unspecified atom stereocenters. The van der Waals surface area contributed by atoms with E-state index < -0.39 is 0 Å². The number of hydrogen-bond donors (Lipinski definition) is 3. The maximum atomic E-state index is 13.4. The van der Waals surface area contributed by atoms with Gasteiger partial charge in [-0.2, -0.15) is 0 Å². The third-order valence-electron chi connectivity index (χ3n) is 5.57. The average molecular weight is 425 g/mol. The Labute approximate surface area is 185 Å². The minimum absolute atomic E-state index is 0.0825. The second kappa shape index (κ2) is 9.62. The van der Waals surface area contributed by atoms with Gasteiger partial charge in [0.2, 0.25) is 0 Å². The average Bonchev–Trinajstić information content (AvgIpc) is 2.72. The molecule has 0 saturated heterocycles. The number of nitrogens with one attached hydrogen (secondary N) is 3. The van der Waals surface area contributed by atoms with Crippen molar-refractivity contribution in [2.24, 2.45) is 0 Å². The third-order valence-corrected chi connectivity index (χ3v) is 5.57. The van der Waals surface area contributed by atoms with Gasteiger partial charge in [-0.15, -0.1) is 0 Å². The van der Waals surface area contributed by atoms with E-state index in [0.29, 0.717) is 22.3 Å². The van der Waals surface area contributed by atoms with Gasteiger partial charge in [0, 0.05) is 48.4 Å². The molecule has 0 radical (unpaired) electrons. The topological polar surface area (TPSA) is 62.6 Å². The molecule has 0 aliphatic heterocycles. The van der Waals surface area contributed by atoms with Crippen molar-refractivity contribution in [2.75, 3.05) is 72.1 Å². The summed E-state index contributed by atoms with van der Waals surface area (Å²) < 4.78 is 0.891. The smallest absolute Gasteiger partial charge is 0.196 e. The Hall–Kier alpha value is -2.70. The quantitative estimate of drug-likeness (QED) is 0.344. The summed E-state index contributed by atoms with van der Waals surface area (Å²) >= 11 is 0. The largest absolute Gasteiger partial charge is 0.384 e. The number of benzene rings is 2. The van der Waals surface area contributed by atoms with E-state index in [1.54, 1.807) is 12.1 Å². The molecule has 1 aliphatic rings. The summed E-state index contributed by atoms with van der Waals surface area (Å²) in [7, 11) is 10.7. The summed E-state index contributed by atoms with van der Waals surface area (Å²) in [6.45, 7) is 3.58. The first-order valence-corrected chi connectivity index (χ1v) is 11.1. The van der Waals surface area contributed by atoms with E-state index in [1.165, 1.54) is 4.90 Å². The number of quaternary nitrogens is 2. The molecule has 1 aliphatic carbocycles. The fraction of sp³-hybridized carbons (Fsp3) is 0.440. The van der Waals surface area contributed by atoms with Crippen LogP contribution in [0.3, 0.4) is 0 Å². The number of carbonyl (C=O) groups is 2. The first-order chi connectivity index (χ1) is 14.7. The summed E-state index contributed by atoms with van der Waals surface area (Å²) in [5, 5.41) is 6.83. The zero-order chi connectivity index (χ0) is 22.6. The molecule has 6 nitrogen and oxygen atoms in total. The molecule has 6 heteroatoms. The van der Waals surface area contributed by atoms with Crippen LogP contribution in [0.15, 0.2) is 36.4 Å². The lowest BCUT2D eigenvalue weighted by atomic mass is 9.82. The minimum atomic E-state index is -0.0827. The highest BCUT2D eigenvalue weighted by molar-refractivity contribution is 6.31. The second-order valence-electron chi connectivity index (χ2n) is 9.65. The highest BCUT2D eigenvalue weighted by Gasteiger charge is 2.33. The lowest BCUT2D eigenvalue weighted by molar-refractivity contribution is -0.870. The van der Waals surface area contributed by atoms with Gasteiger partial charge in [0.25, 0.3) is 0 Å². The van der Waals surface area contributed by atoms with Crippen LogP contribution in [0.25, 0.3) is 0 Å². The molecule has 0 saturated carbocycles. The van der Waals surface area contributed by atoms with Crippen LogP contribution in [-0.4, -0.2) is 77.5 Å². The number of ketones is 2.